The first-order valence-corrected chi connectivity index (χ1v) is 8.24. The zero-order valence-electron chi connectivity index (χ0n) is 12.3. The van der Waals surface area contributed by atoms with Crippen molar-refractivity contribution >= 4 is 33.2 Å². The van der Waals surface area contributed by atoms with Crippen LogP contribution in [0.4, 0.5) is 0 Å². The molecule has 2 heterocycles. The molecule has 4 heteroatoms. The van der Waals surface area contributed by atoms with Gasteiger partial charge in [0.2, 0.25) is 11.8 Å². The lowest BCUT2D eigenvalue weighted by molar-refractivity contribution is -0.137. The summed E-state index contributed by atoms with van der Waals surface area (Å²) in [5.41, 5.74) is 1.16. The second-order valence-corrected chi connectivity index (χ2v) is 7.06. The van der Waals surface area contributed by atoms with Crippen molar-refractivity contribution in [1.82, 2.24) is 5.32 Å². The first kappa shape index (κ1) is 14.3. The minimum Gasteiger partial charge on any atom is -0.296 e. The highest BCUT2D eigenvalue weighted by Crippen LogP contribution is 2.40. The van der Waals surface area contributed by atoms with Gasteiger partial charge in [-0.1, -0.05) is 32.0 Å². The number of carbonyl (C=O) groups is 2. The van der Waals surface area contributed by atoms with Crippen LogP contribution in [0.15, 0.2) is 29.6 Å². The number of benzene rings is 1. The third-order valence-electron chi connectivity index (χ3n) is 4.13. The lowest BCUT2D eigenvalue weighted by Crippen LogP contribution is -2.45. The Labute approximate surface area is 128 Å². The molecule has 1 saturated heterocycles. The molecule has 3 rings (SSSR count). The number of amides is 2. The highest BCUT2D eigenvalue weighted by molar-refractivity contribution is 7.17. The second-order valence-electron chi connectivity index (χ2n) is 6.15. The van der Waals surface area contributed by atoms with Gasteiger partial charge in [0.15, 0.2) is 0 Å². The molecule has 21 heavy (non-hydrogen) atoms. The Morgan fingerprint density at radius 2 is 2.05 bits per heavy atom. The van der Waals surface area contributed by atoms with Gasteiger partial charge in [-0.25, -0.2) is 0 Å². The predicted octanol–water partition coefficient (Wildman–Crippen LogP) is 3.69. The zero-order chi connectivity index (χ0) is 15.0. The van der Waals surface area contributed by atoms with E-state index < -0.39 is 0 Å². The van der Waals surface area contributed by atoms with E-state index in [1.165, 1.54) is 10.1 Å². The Hall–Kier alpha value is -1.68. The van der Waals surface area contributed by atoms with Gasteiger partial charge in [0.25, 0.3) is 0 Å². The summed E-state index contributed by atoms with van der Waals surface area (Å²) in [6, 6.07) is 8.21. The maximum absolute atomic E-state index is 12.3. The van der Waals surface area contributed by atoms with Gasteiger partial charge in [0, 0.05) is 23.0 Å². The van der Waals surface area contributed by atoms with Crippen LogP contribution in [0.5, 0.6) is 0 Å². The molecule has 2 amide bonds. The summed E-state index contributed by atoms with van der Waals surface area (Å²) in [6.07, 6.45) is 1.22. The van der Waals surface area contributed by atoms with Gasteiger partial charge >= 0.3 is 0 Å². The largest absolute Gasteiger partial charge is 0.296 e. The molecule has 2 atom stereocenters. The molecular formula is C17H19NO2S. The number of hydrogen-bond acceptors (Lipinski definition) is 3. The van der Waals surface area contributed by atoms with E-state index in [1.54, 1.807) is 11.3 Å². The van der Waals surface area contributed by atoms with Crippen molar-refractivity contribution in [3.63, 3.8) is 0 Å². The van der Waals surface area contributed by atoms with Crippen LogP contribution in [0.1, 0.15) is 38.2 Å². The topological polar surface area (TPSA) is 46.2 Å². The molecule has 1 aromatic carbocycles. The summed E-state index contributed by atoms with van der Waals surface area (Å²) in [4.78, 5) is 24.1. The molecule has 3 nitrogen and oxygen atoms in total. The molecule has 2 unspecified atom stereocenters. The second kappa shape index (κ2) is 5.60. The molecule has 2 aromatic rings. The van der Waals surface area contributed by atoms with Gasteiger partial charge in [-0.3, -0.25) is 14.9 Å². The third kappa shape index (κ3) is 2.72. The van der Waals surface area contributed by atoms with Crippen molar-refractivity contribution in [2.24, 2.45) is 11.8 Å². The van der Waals surface area contributed by atoms with Crippen molar-refractivity contribution in [3.05, 3.63) is 35.2 Å². The number of thiophene rings is 1. The fourth-order valence-electron chi connectivity index (χ4n) is 3.20. The molecule has 1 aromatic heterocycles. The van der Waals surface area contributed by atoms with Crippen molar-refractivity contribution < 1.29 is 9.59 Å². The summed E-state index contributed by atoms with van der Waals surface area (Å²) < 4.78 is 1.22. The van der Waals surface area contributed by atoms with Crippen LogP contribution in [-0.4, -0.2) is 11.8 Å². The number of piperidine rings is 1. The monoisotopic (exact) mass is 301 g/mol. The van der Waals surface area contributed by atoms with E-state index in [0.717, 1.165) is 12.0 Å². The average molecular weight is 301 g/mol. The zero-order valence-corrected chi connectivity index (χ0v) is 13.1. The van der Waals surface area contributed by atoms with Crippen LogP contribution in [0.3, 0.4) is 0 Å². The smallest absolute Gasteiger partial charge is 0.230 e. The normalized spacial score (nSPS) is 22.8. The highest BCUT2D eigenvalue weighted by Gasteiger charge is 2.37. The van der Waals surface area contributed by atoms with Gasteiger partial charge in [0.1, 0.15) is 0 Å². The Kier molecular flexibility index (Phi) is 3.81. The Bertz CT molecular complexity index is 689. The lowest BCUT2D eigenvalue weighted by Gasteiger charge is -2.31. The van der Waals surface area contributed by atoms with Gasteiger partial charge in [-0.2, -0.15) is 0 Å². The third-order valence-corrected chi connectivity index (χ3v) is 5.11. The Morgan fingerprint density at radius 1 is 1.29 bits per heavy atom. The molecule has 0 bridgehead atoms. The predicted molar refractivity (Wildman–Crippen MR) is 85.3 cm³/mol. The minimum atomic E-state index is -0.153. The maximum Gasteiger partial charge on any atom is 0.230 e. The van der Waals surface area contributed by atoms with Crippen molar-refractivity contribution in [3.8, 4) is 0 Å². The van der Waals surface area contributed by atoms with E-state index in [2.05, 4.69) is 36.7 Å². The first-order chi connectivity index (χ1) is 10.1. The number of carbonyl (C=O) groups excluding carboxylic acids is 2. The molecule has 0 aliphatic carbocycles. The number of fused-ring (bicyclic) bond motifs is 1. The number of imide groups is 1. The van der Waals surface area contributed by atoms with Gasteiger partial charge in [0.05, 0.1) is 0 Å². The Balaban J connectivity index is 2.03. The summed E-state index contributed by atoms with van der Waals surface area (Å²) >= 11 is 1.69. The van der Waals surface area contributed by atoms with Crippen LogP contribution in [0.25, 0.3) is 10.1 Å². The van der Waals surface area contributed by atoms with Crippen LogP contribution < -0.4 is 5.32 Å². The van der Waals surface area contributed by atoms with Crippen molar-refractivity contribution in [2.45, 2.75) is 32.6 Å². The summed E-state index contributed by atoms with van der Waals surface area (Å²) in [5, 5.41) is 5.80. The van der Waals surface area contributed by atoms with Crippen LogP contribution in [0.2, 0.25) is 0 Å². The van der Waals surface area contributed by atoms with Crippen LogP contribution >= 0.6 is 11.3 Å². The standard InChI is InChI=1S/C17H19NO2S/c1-10(2)7-13-12(8-16(19)18-17(13)20)14-9-21-15-6-4-3-5-11(14)15/h3-6,9-10,12-13H,7-8H2,1-2H3,(H,18,19,20). The van der Waals surface area contributed by atoms with Gasteiger partial charge < -0.3 is 0 Å². The molecule has 1 aliphatic rings. The fourth-order valence-corrected chi connectivity index (χ4v) is 4.22. The maximum atomic E-state index is 12.3. The highest BCUT2D eigenvalue weighted by atomic mass is 32.1. The van der Waals surface area contributed by atoms with E-state index in [9.17, 15) is 9.59 Å². The van der Waals surface area contributed by atoms with Crippen molar-refractivity contribution in [2.75, 3.05) is 0 Å². The SMILES string of the molecule is CC(C)CC1C(=O)NC(=O)CC1c1csc2ccccc12. The van der Waals surface area contributed by atoms with Crippen LogP contribution in [0, 0.1) is 11.8 Å². The number of hydrogen-bond donors (Lipinski definition) is 1. The molecule has 1 fully saturated rings. The Morgan fingerprint density at radius 3 is 2.81 bits per heavy atom. The fraction of sp³-hybridized carbons (Fsp3) is 0.412. The van der Waals surface area contributed by atoms with Crippen LogP contribution in [-0.2, 0) is 9.59 Å². The van der Waals surface area contributed by atoms with E-state index in [4.69, 9.17) is 0 Å². The molecule has 1 aliphatic heterocycles. The van der Waals surface area contributed by atoms with Crippen molar-refractivity contribution in [1.29, 1.82) is 0 Å². The molecular weight excluding hydrogens is 282 g/mol. The summed E-state index contributed by atoms with van der Waals surface area (Å²) in [7, 11) is 0. The molecule has 1 N–H and O–H groups in total. The van der Waals surface area contributed by atoms with E-state index in [1.807, 2.05) is 12.1 Å². The summed E-state index contributed by atoms with van der Waals surface area (Å²) in [6.45, 7) is 4.24. The van der Waals surface area contributed by atoms with E-state index in [0.29, 0.717) is 12.3 Å². The van der Waals surface area contributed by atoms with E-state index in [-0.39, 0.29) is 23.7 Å². The lowest BCUT2D eigenvalue weighted by atomic mass is 9.76. The quantitative estimate of drug-likeness (QED) is 0.879. The average Bonchev–Trinajstić information content (AvgIpc) is 2.85. The van der Waals surface area contributed by atoms with Gasteiger partial charge in [-0.15, -0.1) is 11.3 Å². The molecule has 0 radical (unpaired) electrons. The molecule has 0 spiro atoms. The molecule has 0 saturated carbocycles. The first-order valence-electron chi connectivity index (χ1n) is 7.36. The number of rotatable bonds is 3. The molecule has 110 valence electrons. The number of nitrogens with one attached hydrogen (secondary N) is 1. The summed E-state index contributed by atoms with van der Waals surface area (Å²) in [5.74, 6) is 0.0624. The van der Waals surface area contributed by atoms with Gasteiger partial charge in [-0.05, 0) is 34.7 Å². The van der Waals surface area contributed by atoms with E-state index >= 15 is 0 Å². The minimum absolute atomic E-state index is 0.00444.